The maximum absolute atomic E-state index is 10.7. The molecule has 6 atom stereocenters. The first kappa shape index (κ1) is 18.1. The van der Waals surface area contributed by atoms with Gasteiger partial charge in [-0.3, -0.25) is 9.05 Å². The van der Waals surface area contributed by atoms with Gasteiger partial charge in [-0.1, -0.05) is 0 Å². The molecule has 0 radical (unpaired) electrons. The highest BCUT2D eigenvalue weighted by Crippen LogP contribution is 2.46. The van der Waals surface area contributed by atoms with Crippen molar-refractivity contribution in [1.29, 1.82) is 0 Å². The van der Waals surface area contributed by atoms with Gasteiger partial charge >= 0.3 is 15.6 Å². The molecule has 0 saturated heterocycles. The summed E-state index contributed by atoms with van der Waals surface area (Å²) < 4.78 is 29.6. The van der Waals surface area contributed by atoms with Crippen LogP contribution in [0.1, 0.15) is 0 Å². The van der Waals surface area contributed by atoms with Gasteiger partial charge in [-0.15, -0.1) is 0 Å². The van der Waals surface area contributed by atoms with Crippen molar-refractivity contribution in [2.24, 2.45) is 0 Å². The van der Waals surface area contributed by atoms with Crippen LogP contribution in [0.3, 0.4) is 0 Å². The summed E-state index contributed by atoms with van der Waals surface area (Å²) in [5.74, 6) is 0. The Morgan fingerprint density at radius 2 is 0.850 bits per heavy atom. The van der Waals surface area contributed by atoms with Gasteiger partial charge in [0, 0.05) is 0 Å². The lowest BCUT2D eigenvalue weighted by molar-refractivity contribution is -0.216. The maximum Gasteiger partial charge on any atom is 0.470 e. The summed E-state index contributed by atoms with van der Waals surface area (Å²) in [4.78, 5) is 34.6. The van der Waals surface area contributed by atoms with E-state index in [1.54, 1.807) is 0 Å². The summed E-state index contributed by atoms with van der Waals surface area (Å²) in [6.07, 6.45) is -12.8. The molecule has 120 valence electrons. The Labute approximate surface area is 111 Å². The molecule has 0 amide bonds. The summed E-state index contributed by atoms with van der Waals surface area (Å²) in [6.45, 7) is 0. The minimum Gasteiger partial charge on any atom is -0.387 e. The lowest BCUT2D eigenvalue weighted by Gasteiger charge is -2.42. The Morgan fingerprint density at radius 3 is 1.05 bits per heavy atom. The lowest BCUT2D eigenvalue weighted by Crippen LogP contribution is -2.64. The van der Waals surface area contributed by atoms with Gasteiger partial charge in [-0.05, 0) is 0 Å². The van der Waals surface area contributed by atoms with E-state index < -0.39 is 52.3 Å². The second kappa shape index (κ2) is 6.05. The first-order valence-electron chi connectivity index (χ1n) is 5.03. The lowest BCUT2D eigenvalue weighted by atomic mass is 9.85. The van der Waals surface area contributed by atoms with Crippen LogP contribution in [0.25, 0.3) is 0 Å². The fraction of sp³-hybridized carbons (Fsp3) is 1.00. The second-order valence-electron chi connectivity index (χ2n) is 4.08. The molecule has 0 aliphatic heterocycles. The van der Waals surface area contributed by atoms with Crippen LogP contribution >= 0.6 is 15.6 Å². The van der Waals surface area contributed by atoms with Gasteiger partial charge in [0.1, 0.15) is 36.6 Å². The largest absolute Gasteiger partial charge is 0.470 e. The molecule has 0 aromatic heterocycles. The first-order valence-corrected chi connectivity index (χ1v) is 8.10. The highest BCUT2D eigenvalue weighted by molar-refractivity contribution is 7.46. The average molecular weight is 340 g/mol. The fourth-order valence-corrected chi connectivity index (χ4v) is 2.87. The summed E-state index contributed by atoms with van der Waals surface area (Å²) in [5.41, 5.74) is 0. The predicted molar refractivity (Wildman–Crippen MR) is 57.9 cm³/mol. The molecule has 0 unspecified atom stereocenters. The topological polar surface area (TPSA) is 214 Å². The third-order valence-electron chi connectivity index (χ3n) is 2.56. The standard InChI is InChI=1S/C6H14O12P2/c7-1-2(8)4(10)6(18-20(14,15)16)5(3(1)9)17-19(11,12)13/h1-10H,(H2,11,12,13)(H2,14,15,16)/t1-,2-,3-,4+,5-,6-/m0/s1. The minimum absolute atomic E-state index is 2.07. The Hall–Kier alpha value is 0.0600. The number of hydrogen-bond acceptors (Lipinski definition) is 8. The molecule has 20 heavy (non-hydrogen) atoms. The van der Waals surface area contributed by atoms with E-state index in [1.165, 1.54) is 0 Å². The molecule has 8 N–H and O–H groups in total. The summed E-state index contributed by atoms with van der Waals surface area (Å²) >= 11 is 0. The van der Waals surface area contributed by atoms with Crippen LogP contribution in [0, 0.1) is 0 Å². The molecule has 1 fully saturated rings. The zero-order valence-electron chi connectivity index (χ0n) is 9.57. The van der Waals surface area contributed by atoms with E-state index in [0.717, 1.165) is 0 Å². The van der Waals surface area contributed by atoms with Gasteiger partial charge in [0.25, 0.3) is 0 Å². The highest BCUT2D eigenvalue weighted by Gasteiger charge is 2.53. The zero-order valence-corrected chi connectivity index (χ0v) is 11.4. The minimum atomic E-state index is -5.24. The molecule has 0 spiro atoms. The zero-order chi connectivity index (χ0) is 15.9. The van der Waals surface area contributed by atoms with E-state index in [9.17, 15) is 29.6 Å². The van der Waals surface area contributed by atoms with E-state index in [0.29, 0.717) is 0 Å². The van der Waals surface area contributed by atoms with Gasteiger partial charge < -0.3 is 40.0 Å². The monoisotopic (exact) mass is 340 g/mol. The molecular formula is C6H14O12P2. The first-order chi connectivity index (χ1) is 8.83. The van der Waals surface area contributed by atoms with Crippen molar-refractivity contribution in [3.05, 3.63) is 0 Å². The van der Waals surface area contributed by atoms with Crippen LogP contribution in [-0.4, -0.2) is 76.6 Å². The predicted octanol–water partition coefficient (Wildman–Crippen LogP) is -3.60. The van der Waals surface area contributed by atoms with Gasteiger partial charge in [0.2, 0.25) is 0 Å². The van der Waals surface area contributed by atoms with Crippen LogP contribution in [-0.2, 0) is 18.2 Å². The van der Waals surface area contributed by atoms with Crippen LogP contribution < -0.4 is 0 Å². The van der Waals surface area contributed by atoms with Crippen LogP contribution in [0.15, 0.2) is 0 Å². The Balaban J connectivity index is 3.09. The Kier molecular flexibility index (Phi) is 5.48. The molecule has 14 heteroatoms. The number of hydrogen-bond donors (Lipinski definition) is 8. The number of phosphoric ester groups is 2. The normalized spacial score (nSPS) is 39.8. The van der Waals surface area contributed by atoms with E-state index in [-0.39, 0.29) is 0 Å². The SMILES string of the molecule is O=P(O)(O)O[C@H]1[C@H](O)[C@@H](O)[C@H](O)[C@H](O)[C@@H]1OP(=O)(O)O. The quantitative estimate of drug-likeness (QED) is 0.233. The summed E-state index contributed by atoms with van der Waals surface area (Å²) in [6, 6.07) is 0. The van der Waals surface area contributed by atoms with Crippen molar-refractivity contribution >= 4 is 15.6 Å². The molecular weight excluding hydrogens is 326 g/mol. The van der Waals surface area contributed by atoms with Crippen molar-refractivity contribution in [3.63, 3.8) is 0 Å². The van der Waals surface area contributed by atoms with E-state index >= 15 is 0 Å². The van der Waals surface area contributed by atoms with Gasteiger partial charge in [-0.2, -0.15) is 0 Å². The summed E-state index contributed by atoms with van der Waals surface area (Å²) in [7, 11) is -10.5. The smallest absolute Gasteiger partial charge is 0.387 e. The number of rotatable bonds is 4. The highest BCUT2D eigenvalue weighted by atomic mass is 31.2. The van der Waals surface area contributed by atoms with E-state index in [4.69, 9.17) is 19.6 Å². The van der Waals surface area contributed by atoms with Crippen molar-refractivity contribution in [2.45, 2.75) is 36.6 Å². The third kappa shape index (κ3) is 4.53. The van der Waals surface area contributed by atoms with Crippen LogP contribution in [0.2, 0.25) is 0 Å². The molecule has 0 bridgehead atoms. The molecule has 1 rings (SSSR count). The Bertz CT molecular complexity index is 388. The molecule has 1 aliphatic carbocycles. The molecule has 0 heterocycles. The van der Waals surface area contributed by atoms with E-state index in [2.05, 4.69) is 9.05 Å². The fourth-order valence-electron chi connectivity index (χ4n) is 1.74. The molecule has 0 aromatic rings. The second-order valence-corrected chi connectivity index (χ2v) is 6.47. The molecule has 0 aromatic carbocycles. The number of aliphatic hydroxyl groups excluding tert-OH is 4. The number of aliphatic hydroxyl groups is 4. The van der Waals surface area contributed by atoms with Gasteiger partial charge in [-0.25, -0.2) is 9.13 Å². The van der Waals surface area contributed by atoms with Crippen molar-refractivity contribution in [1.82, 2.24) is 0 Å². The summed E-state index contributed by atoms with van der Waals surface area (Å²) in [5, 5.41) is 37.8. The Morgan fingerprint density at radius 1 is 0.600 bits per heavy atom. The maximum atomic E-state index is 10.7. The third-order valence-corrected chi connectivity index (χ3v) is 3.60. The molecule has 1 saturated carbocycles. The average Bonchev–Trinajstić information content (AvgIpc) is 2.25. The van der Waals surface area contributed by atoms with Crippen molar-refractivity contribution in [3.8, 4) is 0 Å². The van der Waals surface area contributed by atoms with Gasteiger partial charge in [0.15, 0.2) is 0 Å². The van der Waals surface area contributed by atoms with Crippen LogP contribution in [0.4, 0.5) is 0 Å². The van der Waals surface area contributed by atoms with E-state index in [1.807, 2.05) is 0 Å². The van der Waals surface area contributed by atoms with Gasteiger partial charge in [0.05, 0.1) is 0 Å². The van der Waals surface area contributed by atoms with Crippen molar-refractivity contribution < 1.29 is 58.2 Å². The molecule has 12 nitrogen and oxygen atoms in total. The van der Waals surface area contributed by atoms with Crippen molar-refractivity contribution in [2.75, 3.05) is 0 Å². The number of phosphoric acid groups is 2. The van der Waals surface area contributed by atoms with Crippen LogP contribution in [0.5, 0.6) is 0 Å². The molecule has 1 aliphatic rings.